The summed E-state index contributed by atoms with van der Waals surface area (Å²) in [5, 5.41) is 1.59. The minimum atomic E-state index is -0.497. The normalized spacial score (nSPS) is 20.0. The number of aromatic amines is 1. The molecule has 11 heteroatoms. The highest BCUT2D eigenvalue weighted by molar-refractivity contribution is 6.35. The number of pyridine rings is 1. The number of rotatable bonds is 5. The summed E-state index contributed by atoms with van der Waals surface area (Å²) >= 11 is 6.83. The van der Waals surface area contributed by atoms with Crippen molar-refractivity contribution in [2.24, 2.45) is 0 Å². The van der Waals surface area contributed by atoms with Gasteiger partial charge in [0.05, 0.1) is 5.02 Å². The lowest BCUT2D eigenvalue weighted by molar-refractivity contribution is -0.128. The van der Waals surface area contributed by atoms with E-state index >= 15 is 4.39 Å². The second-order valence-electron chi connectivity index (χ2n) is 11.0. The van der Waals surface area contributed by atoms with Crippen molar-refractivity contribution in [3.63, 3.8) is 0 Å². The first kappa shape index (κ1) is 26.5. The Labute approximate surface area is 237 Å². The first-order valence-corrected chi connectivity index (χ1v) is 13.8. The largest absolute Gasteiger partial charge is 0.349 e. The molecule has 0 bridgehead atoms. The smallest absolute Gasteiger partial charge is 0.246 e. The van der Waals surface area contributed by atoms with Crippen LogP contribution in [0.4, 0.5) is 16.2 Å². The fourth-order valence-electron chi connectivity index (χ4n) is 5.73. The van der Waals surface area contributed by atoms with Gasteiger partial charge in [0.15, 0.2) is 5.82 Å². The first-order valence-electron chi connectivity index (χ1n) is 13.4. The van der Waals surface area contributed by atoms with Gasteiger partial charge in [-0.05, 0) is 52.2 Å². The van der Waals surface area contributed by atoms with Crippen LogP contribution in [0, 0.1) is 5.82 Å². The Morgan fingerprint density at radius 3 is 2.67 bits per heavy atom. The minimum Gasteiger partial charge on any atom is -0.349 e. The molecule has 1 N–H and O–H groups in total. The Balaban J connectivity index is 1.51. The molecule has 40 heavy (non-hydrogen) atoms. The fourth-order valence-corrected chi connectivity index (χ4v) is 6.02. The maximum absolute atomic E-state index is 16.6. The van der Waals surface area contributed by atoms with Crippen molar-refractivity contribution >= 4 is 51.2 Å². The number of aromatic nitrogens is 4. The third-order valence-electron chi connectivity index (χ3n) is 8.16. The Kier molecular flexibility index (Phi) is 6.62. The first-order chi connectivity index (χ1) is 19.2. The molecular weight excluding hydrogens is 531 g/mol. The standard InChI is InChI=1S/C29H32ClFN8O/c1-6-23(40)38-12-17(3)39(13-16(38)2)28-20-10-22(30)24(21-11-33-27-19(21)8-7-9-32-27)25(31)26(20)34-29(35-28)37-14-18(15-37)36(4)5/h6-11,16-18H,1,12-15H2,2-5H3,(H,32,33)/t16-,17+/m1/s1. The van der Waals surface area contributed by atoms with Crippen LogP contribution in [0.2, 0.25) is 5.02 Å². The van der Waals surface area contributed by atoms with Crippen LogP contribution in [0.25, 0.3) is 33.1 Å². The van der Waals surface area contributed by atoms with E-state index in [0.717, 1.165) is 18.5 Å². The molecule has 208 valence electrons. The summed E-state index contributed by atoms with van der Waals surface area (Å²) < 4.78 is 16.6. The van der Waals surface area contributed by atoms with E-state index in [0.29, 0.717) is 47.5 Å². The number of halogens is 2. The predicted molar refractivity (Wildman–Crippen MR) is 157 cm³/mol. The molecule has 1 aromatic carbocycles. The van der Waals surface area contributed by atoms with Gasteiger partial charge in [-0.3, -0.25) is 4.79 Å². The Morgan fingerprint density at radius 1 is 1.18 bits per heavy atom. The second kappa shape index (κ2) is 10.0. The van der Waals surface area contributed by atoms with Gasteiger partial charge >= 0.3 is 0 Å². The van der Waals surface area contributed by atoms with Gasteiger partial charge in [0.25, 0.3) is 0 Å². The molecule has 0 unspecified atom stereocenters. The predicted octanol–water partition coefficient (Wildman–Crippen LogP) is 4.33. The van der Waals surface area contributed by atoms with Crippen molar-refractivity contribution in [1.82, 2.24) is 29.7 Å². The number of anilines is 2. The fraction of sp³-hybridized carbons (Fsp3) is 0.379. The van der Waals surface area contributed by atoms with Crippen LogP contribution < -0.4 is 9.80 Å². The van der Waals surface area contributed by atoms with Crippen molar-refractivity contribution in [3.8, 4) is 11.1 Å². The van der Waals surface area contributed by atoms with Crippen LogP contribution >= 0.6 is 11.6 Å². The maximum Gasteiger partial charge on any atom is 0.246 e. The SMILES string of the molecule is C=CC(=O)N1C[C@H](C)N(c2nc(N3CC(N(C)C)C3)nc3c(F)c(-c4c[nH]c5ncccc45)c(Cl)cc23)C[C@H]1C. The number of nitrogens with one attached hydrogen (secondary N) is 1. The van der Waals surface area contributed by atoms with Gasteiger partial charge in [0.1, 0.15) is 17.0 Å². The zero-order valence-corrected chi connectivity index (χ0v) is 23.8. The molecule has 4 aromatic rings. The Bertz CT molecular complexity index is 1630. The van der Waals surface area contributed by atoms with E-state index in [2.05, 4.69) is 31.2 Å². The molecule has 0 spiro atoms. The summed E-state index contributed by atoms with van der Waals surface area (Å²) in [6.45, 7) is 10.2. The van der Waals surface area contributed by atoms with E-state index in [9.17, 15) is 4.79 Å². The number of amides is 1. The molecule has 3 aromatic heterocycles. The van der Waals surface area contributed by atoms with Crippen LogP contribution in [0.15, 0.2) is 43.2 Å². The number of hydrogen-bond donors (Lipinski definition) is 1. The molecule has 2 saturated heterocycles. The number of nitrogens with zero attached hydrogens (tertiary/aromatic N) is 7. The Hall–Kier alpha value is -3.76. The summed E-state index contributed by atoms with van der Waals surface area (Å²) in [6.07, 6.45) is 4.76. The highest BCUT2D eigenvalue weighted by atomic mass is 35.5. The molecule has 2 aliphatic heterocycles. The summed E-state index contributed by atoms with van der Waals surface area (Å²) in [5.41, 5.74) is 1.78. The number of benzene rings is 1. The lowest BCUT2D eigenvalue weighted by Gasteiger charge is -2.45. The molecule has 1 amide bonds. The average molecular weight is 563 g/mol. The summed E-state index contributed by atoms with van der Waals surface area (Å²) in [4.78, 5) is 37.9. The topological polar surface area (TPSA) is 84.5 Å². The molecule has 0 aliphatic carbocycles. The molecule has 0 saturated carbocycles. The van der Waals surface area contributed by atoms with E-state index in [-0.39, 0.29) is 34.1 Å². The second-order valence-corrected chi connectivity index (χ2v) is 11.4. The average Bonchev–Trinajstić information content (AvgIpc) is 3.32. The quantitative estimate of drug-likeness (QED) is 0.362. The lowest BCUT2D eigenvalue weighted by Crippen LogP contribution is -2.59. The van der Waals surface area contributed by atoms with Crippen molar-refractivity contribution in [2.45, 2.75) is 32.0 Å². The van der Waals surface area contributed by atoms with E-state index < -0.39 is 5.82 Å². The molecule has 2 atom stereocenters. The van der Waals surface area contributed by atoms with E-state index in [1.54, 1.807) is 18.5 Å². The molecule has 6 rings (SSSR count). The number of hydrogen-bond acceptors (Lipinski definition) is 7. The van der Waals surface area contributed by atoms with Crippen LogP contribution in [0.3, 0.4) is 0 Å². The molecule has 2 aliphatic rings. The summed E-state index contributed by atoms with van der Waals surface area (Å²) in [6, 6.07) is 5.68. The van der Waals surface area contributed by atoms with Gasteiger partial charge in [-0.15, -0.1) is 0 Å². The van der Waals surface area contributed by atoms with Gasteiger partial charge in [0, 0.05) is 78.6 Å². The van der Waals surface area contributed by atoms with Crippen molar-refractivity contribution < 1.29 is 9.18 Å². The highest BCUT2D eigenvalue weighted by Crippen LogP contribution is 2.42. The van der Waals surface area contributed by atoms with Crippen LogP contribution in [-0.4, -0.2) is 94.0 Å². The van der Waals surface area contributed by atoms with Gasteiger partial charge in [0.2, 0.25) is 11.9 Å². The highest BCUT2D eigenvalue weighted by Gasteiger charge is 2.36. The van der Waals surface area contributed by atoms with Crippen molar-refractivity contribution in [3.05, 3.63) is 54.1 Å². The maximum atomic E-state index is 16.6. The van der Waals surface area contributed by atoms with Crippen LogP contribution in [0.5, 0.6) is 0 Å². The van der Waals surface area contributed by atoms with Crippen molar-refractivity contribution in [2.75, 3.05) is 50.1 Å². The summed E-state index contributed by atoms with van der Waals surface area (Å²) in [5.74, 6) is 0.501. The van der Waals surface area contributed by atoms with Gasteiger partial charge in [-0.2, -0.15) is 4.98 Å². The minimum absolute atomic E-state index is 0.0711. The zero-order chi connectivity index (χ0) is 28.3. The number of carbonyl (C=O) groups is 1. The van der Waals surface area contributed by atoms with Crippen LogP contribution in [0.1, 0.15) is 13.8 Å². The number of likely N-dealkylation sites (N-methyl/N-ethyl adjacent to an activating group) is 1. The van der Waals surface area contributed by atoms with E-state index in [1.807, 2.05) is 45.0 Å². The van der Waals surface area contributed by atoms with E-state index in [4.69, 9.17) is 21.6 Å². The molecule has 9 nitrogen and oxygen atoms in total. The van der Waals surface area contributed by atoms with Crippen molar-refractivity contribution in [1.29, 1.82) is 0 Å². The van der Waals surface area contributed by atoms with Gasteiger partial charge in [-0.25, -0.2) is 14.4 Å². The Morgan fingerprint density at radius 2 is 1.95 bits per heavy atom. The number of carbonyl (C=O) groups excluding carboxylic acids is 1. The van der Waals surface area contributed by atoms with Gasteiger partial charge < -0.3 is 24.6 Å². The third-order valence-corrected chi connectivity index (χ3v) is 8.46. The zero-order valence-electron chi connectivity index (χ0n) is 23.0. The van der Waals surface area contributed by atoms with Gasteiger partial charge in [-0.1, -0.05) is 18.2 Å². The van der Waals surface area contributed by atoms with E-state index in [1.165, 1.54) is 6.08 Å². The number of fused-ring (bicyclic) bond motifs is 2. The lowest BCUT2D eigenvalue weighted by atomic mass is 10.0. The molecule has 2 fully saturated rings. The molecule has 5 heterocycles. The third kappa shape index (κ3) is 4.26. The monoisotopic (exact) mass is 562 g/mol. The summed E-state index contributed by atoms with van der Waals surface area (Å²) in [7, 11) is 4.09. The molecule has 0 radical (unpaired) electrons. The number of piperazine rings is 1. The number of H-pyrrole nitrogens is 1. The van der Waals surface area contributed by atoms with Crippen LogP contribution in [-0.2, 0) is 4.79 Å². The molecular formula is C29H32ClFN8O.